The van der Waals surface area contributed by atoms with Gasteiger partial charge < -0.3 is 20.4 Å². The first-order valence-corrected chi connectivity index (χ1v) is 33.2. The van der Waals surface area contributed by atoms with Crippen LogP contribution in [0.25, 0.3) is 0 Å². The predicted molar refractivity (Wildman–Crippen MR) is 341 cm³/mol. The molecule has 0 fully saturated rings. The van der Waals surface area contributed by atoms with E-state index in [9.17, 15) is 20.4 Å². The smallest absolute Gasteiger partial charge is 0.122 e. The van der Waals surface area contributed by atoms with Gasteiger partial charge in [-0.05, 0) is 170 Å². The van der Waals surface area contributed by atoms with E-state index in [1.165, 1.54) is 103 Å². The van der Waals surface area contributed by atoms with E-state index in [0.29, 0.717) is 25.7 Å². The number of nitrogens with zero attached hydrogens (tertiary/aromatic N) is 4. The molecule has 0 saturated heterocycles. The zero-order valence-electron chi connectivity index (χ0n) is 52.5. The van der Waals surface area contributed by atoms with Crippen molar-refractivity contribution in [3.8, 4) is 23.0 Å². The summed E-state index contributed by atoms with van der Waals surface area (Å²) in [5.41, 5.74) is 11.1. The Kier molecular flexibility index (Phi) is 31.6. The van der Waals surface area contributed by atoms with Crippen molar-refractivity contribution >= 4 is 0 Å². The van der Waals surface area contributed by atoms with Gasteiger partial charge in [0.15, 0.2) is 0 Å². The second-order valence-electron chi connectivity index (χ2n) is 24.5. The predicted octanol–water partition coefficient (Wildman–Crippen LogP) is 17.9. The van der Waals surface area contributed by atoms with Crippen molar-refractivity contribution in [3.63, 3.8) is 0 Å². The van der Waals surface area contributed by atoms with Crippen molar-refractivity contribution in [3.05, 3.63) is 115 Å². The van der Waals surface area contributed by atoms with Crippen LogP contribution in [0.2, 0.25) is 0 Å². The summed E-state index contributed by atoms with van der Waals surface area (Å²) < 4.78 is 0. The monoisotopic (exact) mass is 1100 g/mol. The molecule has 0 saturated carbocycles. The first kappa shape index (κ1) is 66.7. The maximum absolute atomic E-state index is 12.8. The largest absolute Gasteiger partial charge is 0.507 e. The van der Waals surface area contributed by atoms with E-state index in [1.54, 1.807) is 0 Å². The molecule has 8 bridgehead atoms. The van der Waals surface area contributed by atoms with Crippen LogP contribution >= 0.6 is 0 Å². The number of unbranched alkanes of at least 4 members (excludes halogenated alkanes) is 16. The van der Waals surface area contributed by atoms with Crippen molar-refractivity contribution in [1.29, 1.82) is 0 Å². The molecule has 80 heavy (non-hydrogen) atoms. The molecular formula is C72H116N4O4. The molecule has 1 aliphatic carbocycles. The number of fused-ring (bicyclic) bond motifs is 8. The molecular weight excluding hydrogens is 985 g/mol. The molecule has 0 spiro atoms. The fourth-order valence-electron chi connectivity index (χ4n) is 12.4. The minimum Gasteiger partial charge on any atom is -0.507 e. The van der Waals surface area contributed by atoms with Crippen LogP contribution in [-0.4, -0.2) is 92.4 Å². The van der Waals surface area contributed by atoms with Crippen LogP contribution in [0, 0.1) is 0 Å². The van der Waals surface area contributed by atoms with Gasteiger partial charge in [0, 0.05) is 51.9 Å². The molecule has 1 aliphatic rings. The number of rotatable bonds is 40. The molecule has 4 N–H and O–H groups in total. The molecule has 0 aliphatic heterocycles. The van der Waals surface area contributed by atoms with E-state index in [2.05, 4.69) is 124 Å². The zero-order chi connectivity index (χ0) is 57.5. The summed E-state index contributed by atoms with van der Waals surface area (Å²) in [6.07, 6.45) is 29.8. The van der Waals surface area contributed by atoms with Crippen LogP contribution in [0.1, 0.15) is 276 Å². The number of phenols is 4. The molecule has 5 rings (SSSR count). The first-order valence-electron chi connectivity index (χ1n) is 33.2. The van der Waals surface area contributed by atoms with Gasteiger partial charge in [0.1, 0.15) is 23.0 Å². The minimum atomic E-state index is 0.249. The van der Waals surface area contributed by atoms with Gasteiger partial charge in [-0.1, -0.05) is 207 Å². The van der Waals surface area contributed by atoms with Gasteiger partial charge in [-0.3, -0.25) is 19.6 Å². The fourth-order valence-corrected chi connectivity index (χ4v) is 12.4. The molecule has 0 heterocycles. The molecule has 448 valence electrons. The summed E-state index contributed by atoms with van der Waals surface area (Å²) in [6, 6.07) is 17.7. The van der Waals surface area contributed by atoms with Crippen molar-refractivity contribution in [2.45, 2.75) is 261 Å². The number of hydrogen-bond donors (Lipinski definition) is 4. The average molecular weight is 1100 g/mol. The van der Waals surface area contributed by atoms with Gasteiger partial charge in [-0.15, -0.1) is 0 Å². The van der Waals surface area contributed by atoms with E-state index in [-0.39, 0.29) is 23.0 Å². The maximum atomic E-state index is 12.8. The molecule has 0 unspecified atom stereocenters. The molecule has 0 aromatic heterocycles. The average Bonchev–Trinajstić information content (AvgIpc) is 3.53. The number of aromatic hydroxyl groups is 4. The lowest BCUT2D eigenvalue weighted by Crippen LogP contribution is -2.26. The number of hydrogen-bond acceptors (Lipinski definition) is 8. The van der Waals surface area contributed by atoms with E-state index in [0.717, 1.165) is 197 Å². The Bertz CT molecular complexity index is 1900. The third-order valence-electron chi connectivity index (χ3n) is 17.1. The maximum Gasteiger partial charge on any atom is 0.122 e. The summed E-state index contributed by atoms with van der Waals surface area (Å²) in [5, 5.41) is 51.1. The molecule has 0 amide bonds. The Morgan fingerprint density at radius 3 is 0.500 bits per heavy atom. The third kappa shape index (κ3) is 22.6. The Balaban J connectivity index is 1.78. The fraction of sp³-hybridized carbons (Fsp3) is 0.667. The van der Waals surface area contributed by atoms with Crippen LogP contribution < -0.4 is 0 Å². The standard InChI is InChI=1S/C72H116N4O4/c1-9-17-25-33-73(34-26-18-10-2)53-57-41-61-49-63-43-58(54-74(35-27-19-11-3)36-28-20-12-4)45-65(70(63)78)51-67-47-60(56-76(39-31-23-15-7)40-32-24-16-8)48-68(72(67)80)52-66-46-59(44-64(71(66)79)50-62(42-57)69(61)77)55-75(37-29-21-13-5)38-30-22-14-6/h41-48,77-80H,9-40,49-56H2,1-8H3. The van der Waals surface area contributed by atoms with Crippen LogP contribution in [0.4, 0.5) is 0 Å². The highest BCUT2D eigenvalue weighted by atomic mass is 16.3. The van der Waals surface area contributed by atoms with Crippen LogP contribution in [0.3, 0.4) is 0 Å². The van der Waals surface area contributed by atoms with Crippen LogP contribution in [-0.2, 0) is 51.9 Å². The Labute approximate surface area is 489 Å². The summed E-state index contributed by atoms with van der Waals surface area (Å²) >= 11 is 0. The van der Waals surface area contributed by atoms with Crippen molar-refractivity contribution in [1.82, 2.24) is 19.6 Å². The van der Waals surface area contributed by atoms with Crippen LogP contribution in [0.15, 0.2) is 48.5 Å². The van der Waals surface area contributed by atoms with E-state index in [1.807, 2.05) is 0 Å². The van der Waals surface area contributed by atoms with Gasteiger partial charge in [0.2, 0.25) is 0 Å². The lowest BCUT2D eigenvalue weighted by molar-refractivity contribution is 0.253. The van der Waals surface area contributed by atoms with Crippen molar-refractivity contribution in [2.75, 3.05) is 52.4 Å². The van der Waals surface area contributed by atoms with E-state index in [4.69, 9.17) is 0 Å². The zero-order valence-corrected chi connectivity index (χ0v) is 52.5. The topological polar surface area (TPSA) is 93.9 Å². The SMILES string of the molecule is CCCCCN(CCCCC)Cc1cc2c(O)c(c1)Cc1cc(CN(CCCCC)CCCCC)cc(c1O)Cc1cc(CN(CCCCC)CCCCC)cc(c1O)Cc1cc(CN(CCCCC)CCCCC)cc(c1O)C2. The van der Waals surface area contributed by atoms with Gasteiger partial charge in [0.05, 0.1) is 0 Å². The Morgan fingerprint density at radius 1 is 0.237 bits per heavy atom. The third-order valence-corrected chi connectivity index (χ3v) is 17.1. The lowest BCUT2D eigenvalue weighted by atomic mass is 9.88. The van der Waals surface area contributed by atoms with Gasteiger partial charge >= 0.3 is 0 Å². The second-order valence-corrected chi connectivity index (χ2v) is 24.5. The normalized spacial score (nSPS) is 12.8. The molecule has 0 atom stereocenters. The molecule has 4 aromatic carbocycles. The molecule has 0 radical (unpaired) electrons. The summed E-state index contributed by atoms with van der Waals surface area (Å²) in [6.45, 7) is 29.6. The Hall–Kier alpha value is -4.08. The molecule has 4 aromatic rings. The summed E-state index contributed by atoms with van der Waals surface area (Å²) in [4.78, 5) is 10.5. The van der Waals surface area contributed by atoms with Crippen LogP contribution in [0.5, 0.6) is 23.0 Å². The molecule has 8 nitrogen and oxygen atoms in total. The van der Waals surface area contributed by atoms with E-state index >= 15 is 0 Å². The summed E-state index contributed by atoms with van der Waals surface area (Å²) in [5.74, 6) is 0.995. The number of benzene rings is 4. The van der Waals surface area contributed by atoms with E-state index < -0.39 is 0 Å². The number of phenolic OH excluding ortho intramolecular Hbond substituents is 4. The highest BCUT2D eigenvalue weighted by Gasteiger charge is 2.24. The first-order chi connectivity index (χ1) is 39.0. The summed E-state index contributed by atoms with van der Waals surface area (Å²) in [7, 11) is 0. The quantitative estimate of drug-likeness (QED) is 0.0288. The lowest BCUT2D eigenvalue weighted by Gasteiger charge is -2.26. The highest BCUT2D eigenvalue weighted by Crippen LogP contribution is 2.40. The van der Waals surface area contributed by atoms with Gasteiger partial charge in [-0.2, -0.15) is 0 Å². The molecule has 8 heteroatoms. The highest BCUT2D eigenvalue weighted by molar-refractivity contribution is 5.57. The van der Waals surface area contributed by atoms with Gasteiger partial charge in [-0.25, -0.2) is 0 Å². The van der Waals surface area contributed by atoms with Crippen molar-refractivity contribution in [2.24, 2.45) is 0 Å². The Morgan fingerprint density at radius 2 is 0.375 bits per heavy atom. The van der Waals surface area contributed by atoms with Gasteiger partial charge in [0.25, 0.3) is 0 Å². The second kappa shape index (κ2) is 37.9. The van der Waals surface area contributed by atoms with Crippen molar-refractivity contribution < 1.29 is 20.4 Å². The minimum absolute atomic E-state index is 0.249.